The molecule has 0 spiro atoms. The Labute approximate surface area is 129 Å². The third-order valence-electron chi connectivity index (χ3n) is 3.40. The molecule has 6 nitrogen and oxygen atoms in total. The quantitative estimate of drug-likeness (QED) is 0.302. The van der Waals surface area contributed by atoms with Crippen LogP contribution in [0.3, 0.4) is 0 Å². The molecule has 22 heavy (non-hydrogen) atoms. The van der Waals surface area contributed by atoms with Crippen LogP contribution in [0.15, 0.2) is 18.2 Å². The van der Waals surface area contributed by atoms with Crippen LogP contribution in [0.1, 0.15) is 54.9 Å². The van der Waals surface area contributed by atoms with Gasteiger partial charge in [0.15, 0.2) is 0 Å². The van der Waals surface area contributed by atoms with Gasteiger partial charge < -0.3 is 4.74 Å². The number of carbonyl (C=O) groups excluding carboxylic acids is 2. The number of nitrogens with zero attached hydrogens (tertiary/aromatic N) is 1. The fraction of sp³-hybridized carbons (Fsp3) is 0.500. The number of methoxy groups -OCH3 is 1. The lowest BCUT2D eigenvalue weighted by Gasteiger charge is -2.06. The topological polar surface area (TPSA) is 86.5 Å². The summed E-state index contributed by atoms with van der Waals surface area (Å²) in [5.74, 6) is -0.829. The summed E-state index contributed by atoms with van der Waals surface area (Å²) in [5.41, 5.74) is -0.201. The molecule has 0 amide bonds. The molecule has 1 rings (SSSR count). The van der Waals surface area contributed by atoms with Crippen molar-refractivity contribution in [3.05, 3.63) is 39.4 Å². The first-order valence-electron chi connectivity index (χ1n) is 7.37. The van der Waals surface area contributed by atoms with Crippen molar-refractivity contribution in [3.8, 4) is 0 Å². The highest BCUT2D eigenvalue weighted by Gasteiger charge is 2.25. The Balaban J connectivity index is 2.88. The van der Waals surface area contributed by atoms with E-state index in [1.165, 1.54) is 18.2 Å². The smallest absolute Gasteiger partial charge is 0.344 e. The summed E-state index contributed by atoms with van der Waals surface area (Å²) < 4.78 is 4.55. The number of para-hydroxylation sites is 1. The van der Waals surface area contributed by atoms with E-state index in [2.05, 4.69) is 11.7 Å². The van der Waals surface area contributed by atoms with Crippen LogP contribution in [-0.4, -0.2) is 23.8 Å². The van der Waals surface area contributed by atoms with Crippen molar-refractivity contribution in [3.63, 3.8) is 0 Å². The zero-order valence-corrected chi connectivity index (χ0v) is 13.0. The van der Waals surface area contributed by atoms with Gasteiger partial charge in [0, 0.05) is 18.4 Å². The minimum absolute atomic E-state index is 0.0345. The highest BCUT2D eigenvalue weighted by Crippen LogP contribution is 2.25. The van der Waals surface area contributed by atoms with Gasteiger partial charge in [-0.25, -0.2) is 4.79 Å². The molecule has 0 aromatic heterocycles. The molecule has 0 atom stereocenters. The largest absolute Gasteiger partial charge is 0.465 e. The van der Waals surface area contributed by atoms with Gasteiger partial charge >= 0.3 is 5.97 Å². The fourth-order valence-corrected chi connectivity index (χ4v) is 2.27. The molecule has 0 heterocycles. The second kappa shape index (κ2) is 8.92. The number of carbonyl (C=O) groups is 2. The van der Waals surface area contributed by atoms with E-state index in [9.17, 15) is 19.7 Å². The molecular formula is C16H21NO5. The second-order valence-electron chi connectivity index (χ2n) is 5.09. The summed E-state index contributed by atoms with van der Waals surface area (Å²) in [4.78, 5) is 34.2. The van der Waals surface area contributed by atoms with Gasteiger partial charge in [0.05, 0.1) is 12.0 Å². The Kier molecular flexibility index (Phi) is 7.22. The maximum absolute atomic E-state index is 12.0. The number of ketones is 1. The number of esters is 1. The average Bonchev–Trinajstić information content (AvgIpc) is 2.50. The molecule has 1 aromatic carbocycles. The monoisotopic (exact) mass is 307 g/mol. The highest BCUT2D eigenvalue weighted by atomic mass is 16.6. The van der Waals surface area contributed by atoms with Crippen LogP contribution in [0, 0.1) is 10.1 Å². The summed E-state index contributed by atoms with van der Waals surface area (Å²) in [6, 6.07) is 4.37. The minimum atomic E-state index is -0.774. The zero-order valence-electron chi connectivity index (χ0n) is 13.0. The van der Waals surface area contributed by atoms with E-state index in [1.54, 1.807) is 0 Å². The van der Waals surface area contributed by atoms with Crippen molar-refractivity contribution in [2.45, 2.75) is 45.4 Å². The Hall–Kier alpha value is -2.24. The van der Waals surface area contributed by atoms with Crippen molar-refractivity contribution in [1.29, 1.82) is 0 Å². The molecule has 6 heteroatoms. The summed E-state index contributed by atoms with van der Waals surface area (Å²) in [6.45, 7) is 2.09. The SMILES string of the molecule is CCCCCCC(=O)Cc1cccc(C(=O)OC)c1[N+](=O)[O-]. The van der Waals surface area contributed by atoms with Crippen LogP contribution in [0.5, 0.6) is 0 Å². The summed E-state index contributed by atoms with van der Waals surface area (Å²) in [5, 5.41) is 11.2. The van der Waals surface area contributed by atoms with E-state index in [-0.39, 0.29) is 29.0 Å². The van der Waals surface area contributed by atoms with E-state index in [0.29, 0.717) is 6.42 Å². The standard InChI is InChI=1S/C16H21NO5/c1-3-4-5-6-9-13(18)11-12-8-7-10-14(16(19)22-2)15(12)17(20)21/h7-8,10H,3-6,9,11H2,1-2H3. The number of Topliss-reactive ketones (excluding diaryl/α,β-unsaturated/α-hetero) is 1. The van der Waals surface area contributed by atoms with Gasteiger partial charge in [-0.3, -0.25) is 14.9 Å². The maximum Gasteiger partial charge on any atom is 0.344 e. The molecule has 0 aliphatic carbocycles. The molecular weight excluding hydrogens is 286 g/mol. The van der Waals surface area contributed by atoms with Crippen molar-refractivity contribution in [2.24, 2.45) is 0 Å². The first-order valence-corrected chi connectivity index (χ1v) is 7.37. The Morgan fingerprint density at radius 1 is 1.23 bits per heavy atom. The first kappa shape index (κ1) is 17.8. The molecule has 0 radical (unpaired) electrons. The predicted molar refractivity (Wildman–Crippen MR) is 81.9 cm³/mol. The lowest BCUT2D eigenvalue weighted by Crippen LogP contribution is -2.10. The van der Waals surface area contributed by atoms with E-state index in [4.69, 9.17) is 0 Å². The van der Waals surface area contributed by atoms with E-state index in [0.717, 1.165) is 32.8 Å². The van der Waals surface area contributed by atoms with Crippen LogP contribution in [0.25, 0.3) is 0 Å². The van der Waals surface area contributed by atoms with Crippen molar-refractivity contribution < 1.29 is 19.2 Å². The summed E-state index contributed by atoms with van der Waals surface area (Å²) >= 11 is 0. The maximum atomic E-state index is 12.0. The molecule has 0 unspecified atom stereocenters. The minimum Gasteiger partial charge on any atom is -0.465 e. The zero-order chi connectivity index (χ0) is 16.5. The van der Waals surface area contributed by atoms with Crippen LogP contribution in [0.4, 0.5) is 5.69 Å². The third-order valence-corrected chi connectivity index (χ3v) is 3.40. The van der Waals surface area contributed by atoms with Gasteiger partial charge in [-0.1, -0.05) is 38.3 Å². The van der Waals surface area contributed by atoms with Crippen LogP contribution in [-0.2, 0) is 16.0 Å². The van der Waals surface area contributed by atoms with Gasteiger partial charge in [0.25, 0.3) is 5.69 Å². The number of nitro groups is 1. The summed E-state index contributed by atoms with van der Waals surface area (Å²) in [6.07, 6.45) is 4.29. The van der Waals surface area contributed by atoms with Crippen LogP contribution in [0.2, 0.25) is 0 Å². The van der Waals surface area contributed by atoms with E-state index < -0.39 is 10.9 Å². The van der Waals surface area contributed by atoms with E-state index >= 15 is 0 Å². The van der Waals surface area contributed by atoms with Crippen LogP contribution >= 0.6 is 0 Å². The Morgan fingerprint density at radius 3 is 2.55 bits per heavy atom. The molecule has 0 saturated carbocycles. The average molecular weight is 307 g/mol. The fourth-order valence-electron chi connectivity index (χ4n) is 2.27. The number of hydrogen-bond acceptors (Lipinski definition) is 5. The molecule has 0 aliphatic rings. The van der Waals surface area contributed by atoms with Gasteiger partial charge in [-0.2, -0.15) is 0 Å². The van der Waals surface area contributed by atoms with E-state index in [1.807, 2.05) is 0 Å². The molecule has 0 aliphatic heterocycles. The molecule has 120 valence electrons. The third kappa shape index (κ3) is 4.95. The molecule has 1 aromatic rings. The molecule has 0 fully saturated rings. The predicted octanol–water partition coefficient (Wildman–Crippen LogP) is 3.46. The van der Waals surface area contributed by atoms with Gasteiger partial charge in [0.1, 0.15) is 11.3 Å². The number of rotatable bonds is 9. The Morgan fingerprint density at radius 2 is 1.95 bits per heavy atom. The number of hydrogen-bond donors (Lipinski definition) is 0. The van der Waals surface area contributed by atoms with Gasteiger partial charge in [0.2, 0.25) is 0 Å². The molecule has 0 N–H and O–H groups in total. The van der Waals surface area contributed by atoms with Gasteiger partial charge in [-0.15, -0.1) is 0 Å². The Bertz CT molecular complexity index is 553. The summed E-state index contributed by atoms with van der Waals surface area (Å²) in [7, 11) is 1.16. The number of unbranched alkanes of at least 4 members (excludes halogenated alkanes) is 3. The lowest BCUT2D eigenvalue weighted by molar-refractivity contribution is -0.385. The number of ether oxygens (including phenoxy) is 1. The number of nitro benzene ring substituents is 1. The lowest BCUT2D eigenvalue weighted by atomic mass is 10.00. The molecule has 0 saturated heterocycles. The van der Waals surface area contributed by atoms with Crippen molar-refractivity contribution >= 4 is 17.4 Å². The van der Waals surface area contributed by atoms with Crippen LogP contribution < -0.4 is 0 Å². The van der Waals surface area contributed by atoms with Crippen molar-refractivity contribution in [1.82, 2.24) is 0 Å². The highest BCUT2D eigenvalue weighted by molar-refractivity contribution is 5.95. The normalized spacial score (nSPS) is 10.3. The molecule has 0 bridgehead atoms. The van der Waals surface area contributed by atoms with Crippen molar-refractivity contribution in [2.75, 3.05) is 7.11 Å². The second-order valence-corrected chi connectivity index (χ2v) is 5.09. The van der Waals surface area contributed by atoms with Gasteiger partial charge in [-0.05, 0) is 12.5 Å². The first-order chi connectivity index (χ1) is 10.5. The number of benzene rings is 1.